The second-order valence-electron chi connectivity index (χ2n) is 15.8. The number of anilines is 2. The number of nitrogens with zero attached hydrogens (tertiary/aromatic N) is 3. The second-order valence-corrected chi connectivity index (χ2v) is 15.8. The van der Waals surface area contributed by atoms with Gasteiger partial charge in [0.25, 0.3) is 0 Å². The number of para-hydroxylation sites is 6. The minimum absolute atomic E-state index is 0. The summed E-state index contributed by atoms with van der Waals surface area (Å²) in [5.41, 5.74) is 16.8. The van der Waals surface area contributed by atoms with Crippen LogP contribution in [0.1, 0.15) is 11.1 Å². The van der Waals surface area contributed by atoms with Crippen LogP contribution in [-0.4, -0.2) is 15.2 Å². The first-order chi connectivity index (χ1) is 30.7. The molecule has 0 amide bonds. The zero-order chi connectivity index (χ0) is 41.6. The maximum atomic E-state index is 3.36. The first-order valence-corrected chi connectivity index (χ1v) is 21.2. The van der Waals surface area contributed by atoms with E-state index in [-0.39, 0.29) is 19.5 Å². The highest BCUT2D eigenvalue weighted by atomic mass is 32.1. The van der Waals surface area contributed by atoms with Crippen molar-refractivity contribution in [2.75, 3.05) is 4.90 Å². The molecular weight excluding hydrogens is 783 g/mol. The lowest BCUT2D eigenvalue weighted by atomic mass is 9.94. The third-order valence-electron chi connectivity index (χ3n) is 12.3. The van der Waals surface area contributed by atoms with Crippen LogP contribution in [0.3, 0.4) is 0 Å². The molecule has 1 atom stereocenters. The lowest BCUT2D eigenvalue weighted by Gasteiger charge is -2.25. The van der Waals surface area contributed by atoms with E-state index < -0.39 is 0 Å². The van der Waals surface area contributed by atoms with Crippen molar-refractivity contribution in [2.45, 2.75) is 6.04 Å². The van der Waals surface area contributed by atoms with Crippen molar-refractivity contribution >= 4 is 79.6 Å². The van der Waals surface area contributed by atoms with E-state index in [0.717, 1.165) is 11.4 Å². The highest BCUT2D eigenvalue weighted by Gasteiger charge is 2.34. The molecule has 302 valence electrons. The average molecular weight is 828 g/mol. The number of aromatic nitrogens is 2. The molecule has 2 aliphatic rings. The van der Waals surface area contributed by atoms with Crippen molar-refractivity contribution in [1.29, 1.82) is 0 Å². The number of rotatable bonds is 6. The molecular formula is C59H45N3S. The average Bonchev–Trinajstić information content (AvgIpc) is 3.90. The first-order valence-electron chi connectivity index (χ1n) is 21.2. The Morgan fingerprint density at radius 3 is 1.60 bits per heavy atom. The van der Waals surface area contributed by atoms with E-state index >= 15 is 0 Å². The highest BCUT2D eigenvalue weighted by molar-refractivity contribution is 7.59. The molecule has 3 nitrogen and oxygen atoms in total. The molecule has 4 heteroatoms. The Labute approximate surface area is 375 Å². The predicted molar refractivity (Wildman–Crippen MR) is 275 cm³/mol. The number of benzene rings is 8. The van der Waals surface area contributed by atoms with Gasteiger partial charge in [-0.15, -0.1) is 0 Å². The molecule has 0 fully saturated rings. The zero-order valence-corrected chi connectivity index (χ0v) is 35.8. The lowest BCUT2D eigenvalue weighted by Crippen LogP contribution is -2.24. The van der Waals surface area contributed by atoms with Crippen LogP contribution in [0.25, 0.3) is 77.3 Å². The summed E-state index contributed by atoms with van der Waals surface area (Å²) in [5.74, 6) is 0. The fraction of sp³-hybridized carbons (Fsp3) is 0.0169. The van der Waals surface area contributed by atoms with Crippen molar-refractivity contribution in [3.05, 3.63) is 255 Å². The maximum Gasteiger partial charge on any atom is 0.0785 e. The summed E-state index contributed by atoms with van der Waals surface area (Å²) in [6.07, 6.45) is 12.6. The third-order valence-corrected chi connectivity index (χ3v) is 12.3. The molecule has 8 aromatic carbocycles. The van der Waals surface area contributed by atoms with Gasteiger partial charge in [0.05, 0.1) is 28.1 Å². The molecule has 0 spiro atoms. The van der Waals surface area contributed by atoms with E-state index in [0.29, 0.717) is 0 Å². The monoisotopic (exact) mass is 827 g/mol. The number of allylic oxidation sites excluding steroid dienone is 6. The topological polar surface area (TPSA) is 13.1 Å². The van der Waals surface area contributed by atoms with Crippen LogP contribution in [0.4, 0.5) is 11.4 Å². The summed E-state index contributed by atoms with van der Waals surface area (Å²) in [6, 6.07) is 70.9. The Hall–Kier alpha value is -7.79. The van der Waals surface area contributed by atoms with E-state index in [1.807, 2.05) is 0 Å². The van der Waals surface area contributed by atoms with Gasteiger partial charge in [-0.3, -0.25) is 0 Å². The summed E-state index contributed by atoms with van der Waals surface area (Å²) < 4.78 is 4.83. The zero-order valence-electron chi connectivity index (χ0n) is 34.8. The van der Waals surface area contributed by atoms with Crippen LogP contribution < -0.4 is 4.90 Å². The Morgan fingerprint density at radius 2 is 0.952 bits per heavy atom. The molecule has 0 radical (unpaired) electrons. The molecule has 0 N–H and O–H groups in total. The van der Waals surface area contributed by atoms with Gasteiger partial charge in [-0.2, -0.15) is 13.5 Å². The first kappa shape index (κ1) is 39.4. The quantitative estimate of drug-likeness (QED) is 0.152. The second kappa shape index (κ2) is 16.6. The molecule has 0 saturated carbocycles. The van der Waals surface area contributed by atoms with Crippen LogP contribution in [0, 0.1) is 0 Å². The molecule has 0 bridgehead atoms. The number of hydrogen-bond donors (Lipinski definition) is 0. The fourth-order valence-corrected chi connectivity index (χ4v) is 9.56. The van der Waals surface area contributed by atoms with Crippen molar-refractivity contribution < 1.29 is 0 Å². The Kier molecular flexibility index (Phi) is 10.4. The van der Waals surface area contributed by atoms with Crippen molar-refractivity contribution in [2.24, 2.45) is 0 Å². The molecule has 10 aromatic rings. The Morgan fingerprint density at radius 1 is 0.429 bits per heavy atom. The van der Waals surface area contributed by atoms with E-state index in [1.54, 1.807) is 12.2 Å². The van der Waals surface area contributed by atoms with Crippen LogP contribution in [0.15, 0.2) is 244 Å². The van der Waals surface area contributed by atoms with E-state index in [9.17, 15) is 0 Å². The van der Waals surface area contributed by atoms with Gasteiger partial charge in [0.1, 0.15) is 0 Å². The molecule has 12 rings (SSSR count). The van der Waals surface area contributed by atoms with Gasteiger partial charge in [0, 0.05) is 49.9 Å². The Balaban J connectivity index is 0.000000907. The van der Waals surface area contributed by atoms with Crippen LogP contribution in [-0.2, 0) is 0 Å². The van der Waals surface area contributed by atoms with Crippen molar-refractivity contribution in [1.82, 2.24) is 9.13 Å². The lowest BCUT2D eigenvalue weighted by molar-refractivity contribution is 1.00. The molecule has 0 saturated heterocycles. The minimum atomic E-state index is 0. The van der Waals surface area contributed by atoms with E-state index in [1.165, 1.54) is 88.4 Å². The van der Waals surface area contributed by atoms with Gasteiger partial charge in [-0.05, 0) is 113 Å². The molecule has 63 heavy (non-hydrogen) atoms. The number of fused-ring (bicyclic) bond motifs is 9. The van der Waals surface area contributed by atoms with Crippen LogP contribution in [0.2, 0.25) is 0 Å². The van der Waals surface area contributed by atoms with Gasteiger partial charge < -0.3 is 14.0 Å². The van der Waals surface area contributed by atoms with E-state index in [4.69, 9.17) is 0 Å². The van der Waals surface area contributed by atoms with Crippen LogP contribution in [0.5, 0.6) is 0 Å². The molecule has 1 aliphatic carbocycles. The third kappa shape index (κ3) is 6.73. The highest BCUT2D eigenvalue weighted by Crippen LogP contribution is 2.47. The van der Waals surface area contributed by atoms with Crippen molar-refractivity contribution in [3.63, 3.8) is 0 Å². The predicted octanol–water partition coefficient (Wildman–Crippen LogP) is 15.6. The van der Waals surface area contributed by atoms with Gasteiger partial charge in [-0.1, -0.05) is 159 Å². The molecule has 1 unspecified atom stereocenters. The standard InChI is InChI=1S/C55H37N3.C4H6.H2S/c1-3-17-41(18-4-1)56-52-27-13-9-23-46(52)48-35-37(16-15-29-54(48)56)39-32-40(34-43(33-39)58-50-25-11-7-21-44(50)45-22-8-12-26-51(45)58)38-30-31-55-49(36-38)47-24-10-14-28-53(47)57(55)42-19-5-2-6-20-42;1-3-4-2;/h1-36,54H;3-4H,1-2H2;1H2. The summed E-state index contributed by atoms with van der Waals surface area (Å²) >= 11 is 0. The van der Waals surface area contributed by atoms with E-state index in [2.05, 4.69) is 246 Å². The molecule has 3 heterocycles. The maximum absolute atomic E-state index is 3.36. The molecule has 1 aliphatic heterocycles. The van der Waals surface area contributed by atoms with Gasteiger partial charge in [-0.25, -0.2) is 0 Å². The fourth-order valence-electron chi connectivity index (χ4n) is 9.56. The SMILES string of the molecule is C1=CC2C(=CC(c3cc(-c4ccc5c(c4)c4ccccc4n5-c4ccccc4)cc(-n4c5ccccc5c5ccccc54)c3)=C1)c1ccccc1N2c1ccccc1.C=CC=C.S. The van der Waals surface area contributed by atoms with Crippen LogP contribution >= 0.6 is 13.5 Å². The summed E-state index contributed by atoms with van der Waals surface area (Å²) in [6.45, 7) is 6.72. The van der Waals surface area contributed by atoms with Gasteiger partial charge in [0.15, 0.2) is 0 Å². The van der Waals surface area contributed by atoms with Crippen molar-refractivity contribution in [3.8, 4) is 22.5 Å². The summed E-state index contributed by atoms with van der Waals surface area (Å²) in [7, 11) is 0. The largest absolute Gasteiger partial charge is 0.330 e. The normalized spacial score (nSPS) is 14.0. The summed E-state index contributed by atoms with van der Waals surface area (Å²) in [4.78, 5) is 2.47. The number of hydrogen-bond acceptors (Lipinski definition) is 1. The van der Waals surface area contributed by atoms with Gasteiger partial charge in [0.2, 0.25) is 0 Å². The molecule has 2 aromatic heterocycles. The Bertz CT molecular complexity index is 3400. The summed E-state index contributed by atoms with van der Waals surface area (Å²) in [5, 5.41) is 5.00. The minimum Gasteiger partial charge on any atom is -0.330 e. The van der Waals surface area contributed by atoms with Gasteiger partial charge >= 0.3 is 0 Å². The smallest absolute Gasteiger partial charge is 0.0785 e.